The van der Waals surface area contributed by atoms with Gasteiger partial charge >= 0.3 is 5.97 Å². The summed E-state index contributed by atoms with van der Waals surface area (Å²) in [5.41, 5.74) is 0.384. The van der Waals surface area contributed by atoms with Gasteiger partial charge in [-0.2, -0.15) is 0 Å². The van der Waals surface area contributed by atoms with Gasteiger partial charge in [0.15, 0.2) is 0 Å². The van der Waals surface area contributed by atoms with Crippen molar-refractivity contribution in [3.63, 3.8) is 0 Å². The van der Waals surface area contributed by atoms with Crippen LogP contribution in [-0.4, -0.2) is 54.7 Å². The average molecular weight is 293 g/mol. The van der Waals surface area contributed by atoms with Crippen molar-refractivity contribution < 1.29 is 9.53 Å². The van der Waals surface area contributed by atoms with Crippen molar-refractivity contribution in [3.05, 3.63) is 30.1 Å². The molecule has 0 amide bonds. The molecule has 1 rings (SSSR count). The molecule has 5 heteroatoms. The Balaban J connectivity index is 2.55. The van der Waals surface area contributed by atoms with E-state index in [2.05, 4.69) is 15.2 Å². The first-order valence-corrected chi connectivity index (χ1v) is 7.52. The highest BCUT2D eigenvalue weighted by molar-refractivity contribution is 5.80. The zero-order valence-electron chi connectivity index (χ0n) is 13.6. The van der Waals surface area contributed by atoms with Gasteiger partial charge in [-0.25, -0.2) is 0 Å². The summed E-state index contributed by atoms with van der Waals surface area (Å²) in [6, 6.07) is 5.92. The maximum Gasteiger partial charge on any atom is 0.327 e. The molecule has 0 saturated carbocycles. The minimum absolute atomic E-state index is 0.198. The van der Waals surface area contributed by atoms with Crippen molar-refractivity contribution >= 4 is 5.97 Å². The van der Waals surface area contributed by atoms with Gasteiger partial charge in [0.1, 0.15) is 5.54 Å². The molecule has 0 bridgehead atoms. The molecular weight excluding hydrogens is 266 g/mol. The van der Waals surface area contributed by atoms with Crippen molar-refractivity contribution in [2.45, 2.75) is 32.7 Å². The third-order valence-corrected chi connectivity index (χ3v) is 3.35. The largest absolute Gasteiger partial charge is 0.465 e. The molecule has 0 radical (unpaired) electrons. The lowest BCUT2D eigenvalue weighted by Crippen LogP contribution is -2.57. The maximum atomic E-state index is 12.1. The molecule has 0 fully saturated rings. The SMILES string of the molecule is CCNC(C)(CN(C)CCc1ccccn1)C(=O)OCC. The number of aromatic nitrogens is 1. The molecule has 1 N–H and O–H groups in total. The van der Waals surface area contributed by atoms with E-state index >= 15 is 0 Å². The molecule has 0 spiro atoms. The zero-order chi connectivity index (χ0) is 15.7. The van der Waals surface area contributed by atoms with Crippen molar-refractivity contribution in [1.29, 1.82) is 0 Å². The van der Waals surface area contributed by atoms with E-state index in [1.807, 2.05) is 46.0 Å². The van der Waals surface area contributed by atoms with Crippen molar-refractivity contribution in [3.8, 4) is 0 Å². The van der Waals surface area contributed by atoms with Crippen LogP contribution in [0, 0.1) is 0 Å². The van der Waals surface area contributed by atoms with Crippen LogP contribution in [0.1, 0.15) is 26.5 Å². The number of likely N-dealkylation sites (N-methyl/N-ethyl adjacent to an activating group) is 2. The second kappa shape index (κ2) is 8.74. The maximum absolute atomic E-state index is 12.1. The summed E-state index contributed by atoms with van der Waals surface area (Å²) in [6.45, 7) is 8.29. The summed E-state index contributed by atoms with van der Waals surface area (Å²) < 4.78 is 5.18. The van der Waals surface area contributed by atoms with Gasteiger partial charge in [-0.3, -0.25) is 9.78 Å². The molecule has 0 aliphatic heterocycles. The average Bonchev–Trinajstić information content (AvgIpc) is 2.46. The predicted molar refractivity (Wildman–Crippen MR) is 84.2 cm³/mol. The van der Waals surface area contributed by atoms with E-state index in [0.29, 0.717) is 13.2 Å². The lowest BCUT2D eigenvalue weighted by Gasteiger charge is -2.32. The minimum atomic E-state index is -0.677. The fraction of sp³-hybridized carbons (Fsp3) is 0.625. The van der Waals surface area contributed by atoms with Crippen LogP contribution < -0.4 is 5.32 Å². The number of pyridine rings is 1. The summed E-state index contributed by atoms with van der Waals surface area (Å²) in [7, 11) is 2.01. The number of hydrogen-bond acceptors (Lipinski definition) is 5. The van der Waals surface area contributed by atoms with Crippen molar-refractivity contribution in [2.24, 2.45) is 0 Å². The van der Waals surface area contributed by atoms with E-state index in [9.17, 15) is 4.79 Å². The Morgan fingerprint density at radius 1 is 1.43 bits per heavy atom. The summed E-state index contributed by atoms with van der Waals surface area (Å²) in [5.74, 6) is -0.198. The Bertz CT molecular complexity index is 425. The third kappa shape index (κ3) is 5.81. The molecule has 1 unspecified atom stereocenters. The van der Waals surface area contributed by atoms with Crippen LogP contribution in [0.2, 0.25) is 0 Å². The quantitative estimate of drug-likeness (QED) is 0.699. The number of ether oxygens (including phenoxy) is 1. The summed E-state index contributed by atoms with van der Waals surface area (Å²) in [5, 5.41) is 3.24. The molecule has 1 heterocycles. The number of carbonyl (C=O) groups excluding carboxylic acids is 1. The van der Waals surface area contributed by atoms with Crippen LogP contribution in [0.25, 0.3) is 0 Å². The van der Waals surface area contributed by atoms with Crippen LogP contribution in [0.3, 0.4) is 0 Å². The van der Waals surface area contributed by atoms with Gasteiger partial charge in [0.05, 0.1) is 6.61 Å². The molecule has 5 nitrogen and oxygen atoms in total. The molecule has 0 saturated heterocycles. The van der Waals surface area contributed by atoms with Gasteiger partial charge in [-0.15, -0.1) is 0 Å². The second-order valence-corrected chi connectivity index (χ2v) is 5.39. The monoisotopic (exact) mass is 293 g/mol. The smallest absolute Gasteiger partial charge is 0.327 e. The fourth-order valence-corrected chi connectivity index (χ4v) is 2.34. The van der Waals surface area contributed by atoms with E-state index in [1.54, 1.807) is 6.20 Å². The van der Waals surface area contributed by atoms with E-state index in [0.717, 1.165) is 25.2 Å². The summed E-state index contributed by atoms with van der Waals surface area (Å²) in [4.78, 5) is 18.6. The fourth-order valence-electron chi connectivity index (χ4n) is 2.34. The van der Waals surface area contributed by atoms with Crippen LogP contribution >= 0.6 is 0 Å². The van der Waals surface area contributed by atoms with E-state index in [-0.39, 0.29) is 5.97 Å². The molecule has 0 aromatic carbocycles. The number of nitrogens with zero attached hydrogens (tertiary/aromatic N) is 2. The number of esters is 1. The number of carbonyl (C=O) groups is 1. The van der Waals surface area contributed by atoms with Crippen LogP contribution in [-0.2, 0) is 16.0 Å². The third-order valence-electron chi connectivity index (χ3n) is 3.35. The second-order valence-electron chi connectivity index (χ2n) is 5.39. The standard InChI is InChI=1S/C16H27N3O2/c1-5-18-16(3,15(20)21-6-2)13-19(4)12-10-14-9-7-8-11-17-14/h7-9,11,18H,5-6,10,12-13H2,1-4H3. The molecule has 21 heavy (non-hydrogen) atoms. The molecule has 0 aliphatic carbocycles. The van der Waals surface area contributed by atoms with Gasteiger partial charge in [0.25, 0.3) is 0 Å². The number of nitrogens with one attached hydrogen (secondary N) is 1. The molecule has 118 valence electrons. The Labute approximate surface area is 127 Å². The minimum Gasteiger partial charge on any atom is -0.465 e. The first-order valence-electron chi connectivity index (χ1n) is 7.52. The van der Waals surface area contributed by atoms with Gasteiger partial charge in [0, 0.05) is 31.4 Å². The molecule has 0 aliphatic rings. The Hall–Kier alpha value is -1.46. The normalized spacial score (nSPS) is 14.0. The highest BCUT2D eigenvalue weighted by atomic mass is 16.5. The van der Waals surface area contributed by atoms with Crippen molar-refractivity contribution in [1.82, 2.24) is 15.2 Å². The Morgan fingerprint density at radius 3 is 2.76 bits per heavy atom. The Morgan fingerprint density at radius 2 is 2.19 bits per heavy atom. The molecule has 1 atom stereocenters. The lowest BCUT2D eigenvalue weighted by molar-refractivity contribution is -0.151. The van der Waals surface area contributed by atoms with Crippen LogP contribution in [0.4, 0.5) is 0 Å². The highest BCUT2D eigenvalue weighted by Crippen LogP contribution is 2.09. The van der Waals surface area contributed by atoms with E-state index in [4.69, 9.17) is 4.74 Å². The summed E-state index contributed by atoms with van der Waals surface area (Å²) >= 11 is 0. The van der Waals surface area contributed by atoms with E-state index < -0.39 is 5.54 Å². The zero-order valence-corrected chi connectivity index (χ0v) is 13.6. The predicted octanol–water partition coefficient (Wildman–Crippen LogP) is 1.49. The lowest BCUT2D eigenvalue weighted by atomic mass is 10.0. The van der Waals surface area contributed by atoms with Gasteiger partial charge in [-0.1, -0.05) is 13.0 Å². The number of hydrogen-bond donors (Lipinski definition) is 1. The van der Waals surface area contributed by atoms with Gasteiger partial charge < -0.3 is 15.0 Å². The first-order chi connectivity index (χ1) is 10.0. The first kappa shape index (κ1) is 17.6. The van der Waals surface area contributed by atoms with Gasteiger partial charge in [0.2, 0.25) is 0 Å². The number of rotatable bonds is 9. The topological polar surface area (TPSA) is 54.5 Å². The Kier molecular flexibility index (Phi) is 7.32. The van der Waals surface area contributed by atoms with Gasteiger partial charge in [-0.05, 0) is 39.6 Å². The highest BCUT2D eigenvalue weighted by Gasteiger charge is 2.34. The summed E-state index contributed by atoms with van der Waals surface area (Å²) in [6.07, 6.45) is 2.67. The molecule has 1 aromatic rings. The van der Waals surface area contributed by atoms with E-state index in [1.165, 1.54) is 0 Å². The van der Waals surface area contributed by atoms with Crippen molar-refractivity contribution in [2.75, 3.05) is 33.3 Å². The molecule has 1 aromatic heterocycles. The van der Waals surface area contributed by atoms with Crippen LogP contribution in [0.15, 0.2) is 24.4 Å². The molecular formula is C16H27N3O2. The van der Waals surface area contributed by atoms with Crippen LogP contribution in [0.5, 0.6) is 0 Å².